The van der Waals surface area contributed by atoms with Gasteiger partial charge < -0.3 is 4.90 Å². The molecule has 3 nitrogen and oxygen atoms in total. The Morgan fingerprint density at radius 3 is 2.41 bits per heavy atom. The quantitative estimate of drug-likeness (QED) is 0.751. The average molecular weight is 247 g/mol. The standard InChI is InChI=1S/C13H17N3S/c1-9-14-10(2)16(3)13(15-9)11-5-7-12(17-4)8-6-11/h5-8,13H,1-4H3. The maximum Gasteiger partial charge on any atom is 0.149 e. The minimum absolute atomic E-state index is 0.0587. The zero-order chi connectivity index (χ0) is 12.4. The largest absolute Gasteiger partial charge is 0.338 e. The third-order valence-corrected chi connectivity index (χ3v) is 3.67. The molecule has 0 N–H and O–H groups in total. The topological polar surface area (TPSA) is 28.0 Å². The van der Waals surface area contributed by atoms with Crippen molar-refractivity contribution in [1.29, 1.82) is 0 Å². The first-order valence-corrected chi connectivity index (χ1v) is 6.81. The highest BCUT2D eigenvalue weighted by atomic mass is 32.2. The Balaban J connectivity index is 2.30. The summed E-state index contributed by atoms with van der Waals surface area (Å²) in [5.74, 6) is 1.86. The maximum atomic E-state index is 4.59. The van der Waals surface area contributed by atoms with Gasteiger partial charge in [0.05, 0.1) is 0 Å². The van der Waals surface area contributed by atoms with Crippen LogP contribution in [0.15, 0.2) is 39.1 Å². The molecule has 2 rings (SSSR count). The molecule has 17 heavy (non-hydrogen) atoms. The first-order chi connectivity index (χ1) is 8.11. The SMILES string of the molecule is CSc1ccc(C2N=C(C)N=C(C)N2C)cc1. The smallest absolute Gasteiger partial charge is 0.149 e. The number of nitrogens with zero attached hydrogens (tertiary/aromatic N) is 3. The van der Waals surface area contributed by atoms with Gasteiger partial charge in [0.2, 0.25) is 0 Å². The van der Waals surface area contributed by atoms with Crippen molar-refractivity contribution >= 4 is 23.4 Å². The first-order valence-electron chi connectivity index (χ1n) is 5.58. The van der Waals surface area contributed by atoms with E-state index in [0.717, 1.165) is 11.7 Å². The van der Waals surface area contributed by atoms with E-state index < -0.39 is 0 Å². The summed E-state index contributed by atoms with van der Waals surface area (Å²) in [7, 11) is 2.03. The summed E-state index contributed by atoms with van der Waals surface area (Å²) in [5.41, 5.74) is 1.21. The molecule has 0 bridgehead atoms. The van der Waals surface area contributed by atoms with Crippen molar-refractivity contribution in [3.63, 3.8) is 0 Å². The zero-order valence-corrected chi connectivity index (χ0v) is 11.5. The number of amidine groups is 2. The summed E-state index contributed by atoms with van der Waals surface area (Å²) >= 11 is 1.75. The molecule has 0 radical (unpaired) electrons. The molecule has 0 spiro atoms. The molecule has 0 saturated carbocycles. The number of hydrogen-bond acceptors (Lipinski definition) is 4. The van der Waals surface area contributed by atoms with Crippen molar-refractivity contribution in [2.24, 2.45) is 9.98 Å². The molecule has 1 atom stereocenters. The molecule has 0 saturated heterocycles. The third-order valence-electron chi connectivity index (χ3n) is 2.92. The van der Waals surface area contributed by atoms with Crippen molar-refractivity contribution in [2.75, 3.05) is 13.3 Å². The molecule has 1 unspecified atom stereocenters. The highest BCUT2D eigenvalue weighted by Gasteiger charge is 2.20. The molecule has 1 aliphatic heterocycles. The van der Waals surface area contributed by atoms with E-state index in [-0.39, 0.29) is 6.17 Å². The van der Waals surface area contributed by atoms with Crippen LogP contribution in [0, 0.1) is 0 Å². The summed E-state index contributed by atoms with van der Waals surface area (Å²) in [6.45, 7) is 3.96. The van der Waals surface area contributed by atoms with Gasteiger partial charge in [-0.15, -0.1) is 11.8 Å². The average Bonchev–Trinajstić information content (AvgIpc) is 2.34. The predicted octanol–water partition coefficient (Wildman–Crippen LogP) is 3.19. The maximum absolute atomic E-state index is 4.59. The van der Waals surface area contributed by atoms with Crippen LogP contribution in [0.2, 0.25) is 0 Å². The van der Waals surface area contributed by atoms with E-state index in [9.17, 15) is 0 Å². The minimum Gasteiger partial charge on any atom is -0.338 e. The van der Waals surface area contributed by atoms with Crippen molar-refractivity contribution in [3.8, 4) is 0 Å². The van der Waals surface area contributed by atoms with E-state index in [0.29, 0.717) is 0 Å². The van der Waals surface area contributed by atoms with Gasteiger partial charge in [-0.25, -0.2) is 9.98 Å². The number of benzene rings is 1. The van der Waals surface area contributed by atoms with E-state index in [1.807, 2.05) is 20.9 Å². The van der Waals surface area contributed by atoms with Gasteiger partial charge in [-0.1, -0.05) is 12.1 Å². The molecule has 0 aromatic heterocycles. The summed E-state index contributed by atoms with van der Waals surface area (Å²) in [5, 5.41) is 0. The van der Waals surface area contributed by atoms with Crippen LogP contribution in [0.3, 0.4) is 0 Å². The second-order valence-electron chi connectivity index (χ2n) is 4.09. The molecule has 4 heteroatoms. The first kappa shape index (κ1) is 12.2. The third kappa shape index (κ3) is 2.52. The van der Waals surface area contributed by atoms with Crippen molar-refractivity contribution in [3.05, 3.63) is 29.8 Å². The lowest BCUT2D eigenvalue weighted by molar-refractivity contribution is 0.379. The highest BCUT2D eigenvalue weighted by molar-refractivity contribution is 7.98. The van der Waals surface area contributed by atoms with Crippen LogP contribution in [0.25, 0.3) is 0 Å². The Hall–Kier alpha value is -1.29. The van der Waals surface area contributed by atoms with E-state index in [2.05, 4.69) is 45.4 Å². The number of hydrogen-bond donors (Lipinski definition) is 0. The van der Waals surface area contributed by atoms with E-state index in [1.54, 1.807) is 11.8 Å². The van der Waals surface area contributed by atoms with Crippen molar-refractivity contribution in [2.45, 2.75) is 24.9 Å². The number of thioether (sulfide) groups is 1. The summed E-state index contributed by atoms with van der Waals surface area (Å²) < 4.78 is 0. The fraction of sp³-hybridized carbons (Fsp3) is 0.385. The molecule has 0 fully saturated rings. The van der Waals surface area contributed by atoms with Crippen LogP contribution in [-0.4, -0.2) is 29.9 Å². The Morgan fingerprint density at radius 1 is 1.18 bits per heavy atom. The molecular weight excluding hydrogens is 230 g/mol. The molecule has 1 heterocycles. The fourth-order valence-electron chi connectivity index (χ4n) is 1.86. The molecule has 1 aromatic rings. The molecule has 90 valence electrons. The second kappa shape index (κ2) is 4.92. The lowest BCUT2D eigenvalue weighted by atomic mass is 10.1. The van der Waals surface area contributed by atoms with Gasteiger partial charge in [0.25, 0.3) is 0 Å². The highest BCUT2D eigenvalue weighted by Crippen LogP contribution is 2.26. The van der Waals surface area contributed by atoms with Gasteiger partial charge >= 0.3 is 0 Å². The Labute approximate surface area is 107 Å². The van der Waals surface area contributed by atoms with Crippen molar-refractivity contribution in [1.82, 2.24) is 4.90 Å². The van der Waals surface area contributed by atoms with Crippen LogP contribution in [-0.2, 0) is 0 Å². The molecule has 0 amide bonds. The van der Waals surface area contributed by atoms with E-state index >= 15 is 0 Å². The van der Waals surface area contributed by atoms with Gasteiger partial charge in [0.15, 0.2) is 0 Å². The zero-order valence-electron chi connectivity index (χ0n) is 10.6. The van der Waals surface area contributed by atoms with E-state index in [1.165, 1.54) is 10.5 Å². The van der Waals surface area contributed by atoms with Crippen LogP contribution in [0.5, 0.6) is 0 Å². The van der Waals surface area contributed by atoms with Crippen LogP contribution >= 0.6 is 11.8 Å². The lowest BCUT2D eigenvalue weighted by Gasteiger charge is -2.30. The van der Waals surface area contributed by atoms with Gasteiger partial charge in [-0.2, -0.15) is 0 Å². The fourth-order valence-corrected chi connectivity index (χ4v) is 2.26. The van der Waals surface area contributed by atoms with Gasteiger partial charge in [-0.05, 0) is 37.8 Å². The lowest BCUT2D eigenvalue weighted by Crippen LogP contribution is -2.32. The second-order valence-corrected chi connectivity index (χ2v) is 4.97. The van der Waals surface area contributed by atoms with Gasteiger partial charge in [-0.3, -0.25) is 0 Å². The normalized spacial score (nSPS) is 20.0. The summed E-state index contributed by atoms with van der Waals surface area (Å²) in [6.07, 6.45) is 2.14. The van der Waals surface area contributed by atoms with Crippen molar-refractivity contribution < 1.29 is 0 Å². The minimum atomic E-state index is 0.0587. The monoisotopic (exact) mass is 247 g/mol. The number of rotatable bonds is 2. The Bertz CT molecular complexity index is 462. The summed E-state index contributed by atoms with van der Waals surface area (Å²) in [4.78, 5) is 12.3. The molecule has 1 aliphatic rings. The molecule has 0 aliphatic carbocycles. The Kier molecular flexibility index (Phi) is 3.52. The van der Waals surface area contributed by atoms with Gasteiger partial charge in [0.1, 0.15) is 17.8 Å². The van der Waals surface area contributed by atoms with Crippen LogP contribution in [0.4, 0.5) is 0 Å². The number of aliphatic imine (C=N–C) groups is 2. The molecule has 1 aromatic carbocycles. The summed E-state index contributed by atoms with van der Waals surface area (Å²) in [6, 6.07) is 8.56. The van der Waals surface area contributed by atoms with Gasteiger partial charge in [0, 0.05) is 11.9 Å². The Morgan fingerprint density at radius 2 is 1.82 bits per heavy atom. The van der Waals surface area contributed by atoms with Crippen LogP contribution in [0.1, 0.15) is 25.6 Å². The van der Waals surface area contributed by atoms with E-state index in [4.69, 9.17) is 0 Å². The predicted molar refractivity (Wildman–Crippen MR) is 74.9 cm³/mol. The molecular formula is C13H17N3S. The van der Waals surface area contributed by atoms with Crippen LogP contribution < -0.4 is 0 Å².